The lowest BCUT2D eigenvalue weighted by Crippen LogP contribution is -1.90. The van der Waals surface area contributed by atoms with Gasteiger partial charge in [-0.2, -0.15) is 0 Å². The van der Waals surface area contributed by atoms with E-state index in [4.69, 9.17) is 0 Å². The Hall–Kier alpha value is -2.48. The summed E-state index contributed by atoms with van der Waals surface area (Å²) in [5.74, 6) is 0. The lowest BCUT2D eigenvalue weighted by Gasteiger charge is -2.12. The van der Waals surface area contributed by atoms with Gasteiger partial charge in [0, 0.05) is 24.8 Å². The Morgan fingerprint density at radius 1 is 0.600 bits per heavy atom. The fourth-order valence-electron chi connectivity index (χ4n) is 2.50. The van der Waals surface area contributed by atoms with Crippen LogP contribution in [0.15, 0.2) is 61.2 Å². The standard InChI is InChI=1S/C18H16N2/c1-13-11-18(16-5-9-20-10-6-16)14(2)12-17(13)15-3-7-19-8-4-15/h3-12H,1-2H3. The molecule has 0 fully saturated rings. The SMILES string of the molecule is Cc1cc(-c2ccncc2)c(C)cc1-c1ccncc1. The second-order valence-corrected chi connectivity index (χ2v) is 4.95. The maximum atomic E-state index is 4.08. The van der Waals surface area contributed by atoms with Crippen LogP contribution in [0.4, 0.5) is 0 Å². The van der Waals surface area contributed by atoms with Crippen LogP contribution >= 0.6 is 0 Å². The summed E-state index contributed by atoms with van der Waals surface area (Å²) < 4.78 is 0. The molecule has 0 saturated heterocycles. The third-order valence-electron chi connectivity index (χ3n) is 3.55. The number of nitrogens with zero attached hydrogens (tertiary/aromatic N) is 2. The van der Waals surface area contributed by atoms with Crippen molar-refractivity contribution in [3.05, 3.63) is 72.3 Å². The Bertz CT molecular complexity index is 654. The van der Waals surface area contributed by atoms with Crippen molar-refractivity contribution in [1.82, 2.24) is 9.97 Å². The van der Waals surface area contributed by atoms with Crippen molar-refractivity contribution < 1.29 is 0 Å². The summed E-state index contributed by atoms with van der Waals surface area (Å²) >= 11 is 0. The summed E-state index contributed by atoms with van der Waals surface area (Å²) in [6.07, 6.45) is 7.34. The molecule has 2 heterocycles. The van der Waals surface area contributed by atoms with E-state index >= 15 is 0 Å². The smallest absolute Gasteiger partial charge is 0.0273 e. The van der Waals surface area contributed by atoms with E-state index in [-0.39, 0.29) is 0 Å². The fraction of sp³-hybridized carbons (Fsp3) is 0.111. The molecular formula is C18H16N2. The van der Waals surface area contributed by atoms with Gasteiger partial charge in [-0.25, -0.2) is 0 Å². The summed E-state index contributed by atoms with van der Waals surface area (Å²) in [5.41, 5.74) is 7.50. The first-order valence-electron chi connectivity index (χ1n) is 6.68. The number of aromatic nitrogens is 2. The Kier molecular flexibility index (Phi) is 3.30. The Balaban J connectivity index is 2.13. The molecular weight excluding hydrogens is 244 g/mol. The Morgan fingerprint density at radius 3 is 1.30 bits per heavy atom. The zero-order chi connectivity index (χ0) is 13.9. The average molecular weight is 260 g/mol. The highest BCUT2D eigenvalue weighted by atomic mass is 14.6. The van der Waals surface area contributed by atoms with E-state index in [0.717, 1.165) is 0 Å². The molecule has 3 rings (SSSR count). The first-order chi connectivity index (χ1) is 9.75. The van der Waals surface area contributed by atoms with E-state index in [9.17, 15) is 0 Å². The Morgan fingerprint density at radius 2 is 0.950 bits per heavy atom. The zero-order valence-corrected chi connectivity index (χ0v) is 11.7. The first kappa shape index (κ1) is 12.5. The van der Waals surface area contributed by atoms with Crippen LogP contribution in [0.1, 0.15) is 11.1 Å². The molecule has 0 radical (unpaired) electrons. The molecule has 0 spiro atoms. The molecule has 0 saturated carbocycles. The molecule has 3 aromatic rings. The van der Waals surface area contributed by atoms with Crippen LogP contribution in [0.5, 0.6) is 0 Å². The van der Waals surface area contributed by atoms with Crippen LogP contribution in [0, 0.1) is 13.8 Å². The molecule has 2 heteroatoms. The second-order valence-electron chi connectivity index (χ2n) is 4.95. The highest BCUT2D eigenvalue weighted by Crippen LogP contribution is 2.31. The first-order valence-corrected chi connectivity index (χ1v) is 6.68. The molecule has 0 aliphatic rings. The molecule has 0 amide bonds. The summed E-state index contributed by atoms with van der Waals surface area (Å²) in [5, 5.41) is 0. The van der Waals surface area contributed by atoms with Crippen molar-refractivity contribution in [2.45, 2.75) is 13.8 Å². The highest BCUT2D eigenvalue weighted by molar-refractivity contribution is 5.75. The maximum Gasteiger partial charge on any atom is 0.0273 e. The van der Waals surface area contributed by atoms with Gasteiger partial charge in [0.1, 0.15) is 0 Å². The lowest BCUT2D eigenvalue weighted by molar-refractivity contribution is 1.31. The Labute approximate surface area is 119 Å². The zero-order valence-electron chi connectivity index (χ0n) is 11.7. The van der Waals surface area contributed by atoms with Gasteiger partial charge in [0.2, 0.25) is 0 Å². The minimum Gasteiger partial charge on any atom is -0.265 e. The van der Waals surface area contributed by atoms with Gasteiger partial charge in [0.15, 0.2) is 0 Å². The molecule has 98 valence electrons. The van der Waals surface area contributed by atoms with Gasteiger partial charge >= 0.3 is 0 Å². The number of pyridine rings is 2. The van der Waals surface area contributed by atoms with E-state index in [2.05, 4.69) is 35.9 Å². The molecule has 0 aliphatic heterocycles. The van der Waals surface area contributed by atoms with Gasteiger partial charge in [0.05, 0.1) is 0 Å². The second kappa shape index (κ2) is 5.25. The van der Waals surface area contributed by atoms with Crippen molar-refractivity contribution in [2.75, 3.05) is 0 Å². The lowest BCUT2D eigenvalue weighted by atomic mass is 9.93. The molecule has 1 aromatic carbocycles. The fourth-order valence-corrected chi connectivity index (χ4v) is 2.50. The van der Waals surface area contributed by atoms with Crippen molar-refractivity contribution >= 4 is 0 Å². The number of hydrogen-bond donors (Lipinski definition) is 0. The predicted molar refractivity (Wildman–Crippen MR) is 82.4 cm³/mol. The van der Waals surface area contributed by atoms with Crippen molar-refractivity contribution in [3.63, 3.8) is 0 Å². The van der Waals surface area contributed by atoms with Gasteiger partial charge in [-0.15, -0.1) is 0 Å². The molecule has 0 bridgehead atoms. The largest absolute Gasteiger partial charge is 0.265 e. The molecule has 0 atom stereocenters. The van der Waals surface area contributed by atoms with E-state index < -0.39 is 0 Å². The minimum absolute atomic E-state index is 1.21. The molecule has 20 heavy (non-hydrogen) atoms. The van der Waals surface area contributed by atoms with E-state index in [0.29, 0.717) is 0 Å². The number of hydrogen-bond acceptors (Lipinski definition) is 2. The van der Waals surface area contributed by atoms with E-state index in [1.807, 2.05) is 49.1 Å². The highest BCUT2D eigenvalue weighted by Gasteiger charge is 2.08. The minimum atomic E-state index is 1.21. The van der Waals surface area contributed by atoms with Crippen LogP contribution in [0.3, 0.4) is 0 Å². The third-order valence-corrected chi connectivity index (χ3v) is 3.55. The number of rotatable bonds is 2. The topological polar surface area (TPSA) is 25.8 Å². The summed E-state index contributed by atoms with van der Waals surface area (Å²) in [6, 6.07) is 12.7. The van der Waals surface area contributed by atoms with Crippen molar-refractivity contribution in [1.29, 1.82) is 0 Å². The molecule has 0 unspecified atom stereocenters. The molecule has 0 N–H and O–H groups in total. The van der Waals surface area contributed by atoms with Crippen molar-refractivity contribution in [2.24, 2.45) is 0 Å². The molecule has 2 nitrogen and oxygen atoms in total. The van der Waals surface area contributed by atoms with Gasteiger partial charge in [-0.05, 0) is 71.5 Å². The monoisotopic (exact) mass is 260 g/mol. The van der Waals surface area contributed by atoms with Crippen LogP contribution in [-0.4, -0.2) is 9.97 Å². The van der Waals surface area contributed by atoms with Gasteiger partial charge in [-0.1, -0.05) is 12.1 Å². The number of benzene rings is 1. The van der Waals surface area contributed by atoms with Crippen LogP contribution in [0.2, 0.25) is 0 Å². The quantitative estimate of drug-likeness (QED) is 0.681. The predicted octanol–water partition coefficient (Wildman–Crippen LogP) is 4.43. The summed E-state index contributed by atoms with van der Waals surface area (Å²) in [7, 11) is 0. The number of aryl methyl sites for hydroxylation is 2. The normalized spacial score (nSPS) is 10.5. The van der Waals surface area contributed by atoms with Crippen LogP contribution < -0.4 is 0 Å². The van der Waals surface area contributed by atoms with Crippen molar-refractivity contribution in [3.8, 4) is 22.3 Å². The summed E-state index contributed by atoms with van der Waals surface area (Å²) in [6.45, 7) is 4.31. The van der Waals surface area contributed by atoms with E-state index in [1.165, 1.54) is 33.4 Å². The van der Waals surface area contributed by atoms with Crippen LogP contribution in [-0.2, 0) is 0 Å². The summed E-state index contributed by atoms with van der Waals surface area (Å²) in [4.78, 5) is 8.16. The van der Waals surface area contributed by atoms with Gasteiger partial charge in [0.25, 0.3) is 0 Å². The maximum absolute atomic E-state index is 4.08. The average Bonchev–Trinajstić information content (AvgIpc) is 2.51. The van der Waals surface area contributed by atoms with Crippen LogP contribution in [0.25, 0.3) is 22.3 Å². The molecule has 2 aromatic heterocycles. The van der Waals surface area contributed by atoms with E-state index in [1.54, 1.807) is 0 Å². The molecule has 0 aliphatic carbocycles. The third kappa shape index (κ3) is 2.32. The van der Waals surface area contributed by atoms with Gasteiger partial charge < -0.3 is 0 Å². The van der Waals surface area contributed by atoms with Gasteiger partial charge in [-0.3, -0.25) is 9.97 Å².